The molecule has 0 spiro atoms. The van der Waals surface area contributed by atoms with Gasteiger partial charge in [0, 0.05) is 29.1 Å². The van der Waals surface area contributed by atoms with Gasteiger partial charge in [-0.2, -0.15) is 0 Å². The molecule has 3 aliphatic rings. The van der Waals surface area contributed by atoms with E-state index in [2.05, 4.69) is 16.5 Å². The monoisotopic (exact) mass is 572 g/mol. The molecule has 1 aliphatic carbocycles. The number of hydrogen-bond acceptors (Lipinski definition) is 6. The Morgan fingerprint density at radius 1 is 1.13 bits per heavy atom. The fraction of sp³-hybridized carbons (Fsp3) is 0.500. The number of aliphatic hydroxyl groups excluding tert-OH is 1. The summed E-state index contributed by atoms with van der Waals surface area (Å²) in [7, 11) is -3.79. The lowest BCUT2D eigenvalue weighted by Gasteiger charge is -2.51. The maximum Gasteiger partial charge on any atom is 0.264 e. The number of nitrogens with one attached hydrogen (secondary N) is 1. The first-order chi connectivity index (χ1) is 18.6. The molecule has 7 nitrogen and oxygen atoms in total. The van der Waals surface area contributed by atoms with Crippen LogP contribution in [0.2, 0.25) is 5.02 Å². The number of hydrogen-bond donors (Lipinski definition) is 2. The average molecular weight is 573 g/mol. The summed E-state index contributed by atoms with van der Waals surface area (Å²) in [5.74, 6) is 0.0955. The first kappa shape index (κ1) is 28.0. The number of sulfonamides is 1. The number of carbonyl (C=O) groups is 1. The zero-order valence-electron chi connectivity index (χ0n) is 22.4. The molecule has 2 aromatic rings. The highest BCUT2D eigenvalue weighted by molar-refractivity contribution is 7.90. The van der Waals surface area contributed by atoms with Crippen LogP contribution in [0.25, 0.3) is 0 Å². The van der Waals surface area contributed by atoms with Crippen LogP contribution < -0.4 is 14.4 Å². The Hall–Kier alpha value is -2.55. The topological polar surface area (TPSA) is 95.9 Å². The van der Waals surface area contributed by atoms with Crippen molar-refractivity contribution in [2.45, 2.75) is 64.6 Å². The van der Waals surface area contributed by atoms with Gasteiger partial charge in [-0.25, -0.2) is 13.1 Å². The minimum absolute atomic E-state index is 0.164. The Kier molecular flexibility index (Phi) is 8.26. The molecular formula is C30H37ClN2O5S. The van der Waals surface area contributed by atoms with Crippen LogP contribution in [0.5, 0.6) is 5.75 Å². The van der Waals surface area contributed by atoms with Gasteiger partial charge in [0.25, 0.3) is 5.91 Å². The maximum atomic E-state index is 13.1. The minimum atomic E-state index is -3.79. The van der Waals surface area contributed by atoms with Crippen LogP contribution in [-0.4, -0.2) is 44.4 Å². The van der Waals surface area contributed by atoms with E-state index in [9.17, 15) is 18.3 Å². The van der Waals surface area contributed by atoms with Gasteiger partial charge in [0.2, 0.25) is 10.0 Å². The van der Waals surface area contributed by atoms with Gasteiger partial charge in [-0.15, -0.1) is 0 Å². The molecule has 5 rings (SSSR count). The van der Waals surface area contributed by atoms with Gasteiger partial charge in [0.05, 0.1) is 17.5 Å². The van der Waals surface area contributed by atoms with Crippen molar-refractivity contribution in [2.75, 3.05) is 23.7 Å². The molecule has 0 unspecified atom stereocenters. The lowest BCUT2D eigenvalue weighted by atomic mass is 9.58. The second-order valence-electron chi connectivity index (χ2n) is 11.3. The highest BCUT2D eigenvalue weighted by Crippen LogP contribution is 2.50. The Morgan fingerprint density at radius 3 is 2.77 bits per heavy atom. The van der Waals surface area contributed by atoms with E-state index < -0.39 is 22.0 Å². The van der Waals surface area contributed by atoms with Gasteiger partial charge >= 0.3 is 0 Å². The lowest BCUT2D eigenvalue weighted by molar-refractivity contribution is -0.0466. The molecule has 0 radical (unpaired) electrons. The number of aliphatic hydroxyl groups is 1. The number of allylic oxidation sites excluding steroid dienone is 1. The third kappa shape index (κ3) is 6.28. The van der Waals surface area contributed by atoms with E-state index in [-0.39, 0.29) is 22.6 Å². The molecule has 2 aromatic carbocycles. The van der Waals surface area contributed by atoms with Crippen molar-refractivity contribution in [3.8, 4) is 5.75 Å². The Morgan fingerprint density at radius 2 is 1.97 bits per heavy atom. The Balaban J connectivity index is 1.54. The van der Waals surface area contributed by atoms with E-state index in [0.717, 1.165) is 49.9 Å². The van der Waals surface area contributed by atoms with Crippen LogP contribution in [-0.2, 0) is 23.1 Å². The number of anilines is 1. The molecule has 1 saturated carbocycles. The van der Waals surface area contributed by atoms with Crippen LogP contribution >= 0.6 is 11.6 Å². The summed E-state index contributed by atoms with van der Waals surface area (Å²) in [6.45, 7) is 3.95. The maximum absolute atomic E-state index is 13.1. The minimum Gasteiger partial charge on any atom is -0.487 e. The second kappa shape index (κ2) is 11.5. The fourth-order valence-electron chi connectivity index (χ4n) is 5.93. The third-order valence-corrected chi connectivity index (χ3v) is 10.2. The SMILES string of the molecule is C[C@]12CC[C@H]1CN1CCCCc3cc(Cl)ccc3COc3ccc(cc31)C(=O)NS(=O)(=O)CCC/C=C/[C@@H]2O. The lowest BCUT2D eigenvalue weighted by Crippen LogP contribution is -2.51. The van der Waals surface area contributed by atoms with Gasteiger partial charge < -0.3 is 14.7 Å². The molecular weight excluding hydrogens is 536 g/mol. The van der Waals surface area contributed by atoms with Crippen molar-refractivity contribution in [2.24, 2.45) is 11.3 Å². The zero-order chi connectivity index (χ0) is 27.6. The first-order valence-corrected chi connectivity index (χ1v) is 15.9. The van der Waals surface area contributed by atoms with Gasteiger partial charge in [-0.1, -0.05) is 36.7 Å². The highest BCUT2D eigenvalue weighted by atomic mass is 35.5. The molecule has 9 heteroatoms. The number of amides is 1. The summed E-state index contributed by atoms with van der Waals surface area (Å²) in [5, 5.41) is 11.8. The van der Waals surface area contributed by atoms with Crippen LogP contribution in [0.1, 0.15) is 66.9 Å². The van der Waals surface area contributed by atoms with Crippen molar-refractivity contribution in [3.05, 3.63) is 70.3 Å². The standard InChI is InChI=1S/C30H37ClN2O5S/c1-30-14-13-24(30)19-33-15-5-4-7-21-17-25(31)11-9-23(21)20-38-27-12-10-22(18-26(27)33)29(35)32-39(36,37)16-6-2-3-8-28(30)34/h3,8-12,17-18,24,28,34H,2,4-7,13-16,19-20H2,1H3,(H,32,35)/b8-3+/t24-,28-,30-/m0/s1. The molecule has 0 aromatic heterocycles. The normalized spacial score (nSPS) is 28.4. The van der Waals surface area contributed by atoms with Crippen molar-refractivity contribution in [3.63, 3.8) is 0 Å². The molecule has 1 fully saturated rings. The van der Waals surface area contributed by atoms with Crippen LogP contribution in [0.3, 0.4) is 0 Å². The average Bonchev–Trinajstić information content (AvgIpc) is 2.92. The molecule has 2 aliphatic heterocycles. The number of carbonyl (C=O) groups excluding carboxylic acids is 1. The van der Waals surface area contributed by atoms with Crippen LogP contribution in [0, 0.1) is 11.3 Å². The second-order valence-corrected chi connectivity index (χ2v) is 13.6. The van der Waals surface area contributed by atoms with Gasteiger partial charge in [0.15, 0.2) is 0 Å². The molecule has 39 heavy (non-hydrogen) atoms. The summed E-state index contributed by atoms with van der Waals surface area (Å²) in [6, 6.07) is 11.0. The number of halogens is 1. The fourth-order valence-corrected chi connectivity index (χ4v) is 7.17. The van der Waals surface area contributed by atoms with E-state index in [1.807, 2.05) is 30.4 Å². The highest BCUT2D eigenvalue weighted by Gasteiger charge is 2.47. The Labute approximate surface area is 236 Å². The zero-order valence-corrected chi connectivity index (χ0v) is 23.9. The van der Waals surface area contributed by atoms with Crippen LogP contribution in [0.4, 0.5) is 5.69 Å². The third-order valence-electron chi connectivity index (χ3n) is 8.67. The van der Waals surface area contributed by atoms with Gasteiger partial charge in [0.1, 0.15) is 12.4 Å². The van der Waals surface area contributed by atoms with Gasteiger partial charge in [-0.05, 0) is 92.3 Å². The van der Waals surface area contributed by atoms with E-state index in [1.165, 1.54) is 5.56 Å². The van der Waals surface area contributed by atoms with E-state index >= 15 is 0 Å². The summed E-state index contributed by atoms with van der Waals surface area (Å²) in [6.07, 6.45) is 8.66. The summed E-state index contributed by atoms with van der Waals surface area (Å²) >= 11 is 6.29. The van der Waals surface area contributed by atoms with Crippen molar-refractivity contribution < 1.29 is 23.1 Å². The summed E-state index contributed by atoms with van der Waals surface area (Å²) < 4.78 is 33.8. The van der Waals surface area contributed by atoms with E-state index in [0.29, 0.717) is 36.8 Å². The summed E-state index contributed by atoms with van der Waals surface area (Å²) in [5.41, 5.74) is 3.02. The number of nitrogens with zero attached hydrogens (tertiary/aromatic N) is 1. The molecule has 2 N–H and O–H groups in total. The largest absolute Gasteiger partial charge is 0.487 e. The summed E-state index contributed by atoms with van der Waals surface area (Å²) in [4.78, 5) is 15.3. The van der Waals surface area contributed by atoms with E-state index in [1.54, 1.807) is 18.2 Å². The quantitative estimate of drug-likeness (QED) is 0.419. The molecule has 2 heterocycles. The number of aryl methyl sites for hydroxylation is 1. The predicted octanol–water partition coefficient (Wildman–Crippen LogP) is 5.25. The smallest absolute Gasteiger partial charge is 0.264 e. The van der Waals surface area contributed by atoms with Crippen molar-refractivity contribution >= 4 is 33.2 Å². The first-order valence-electron chi connectivity index (χ1n) is 13.8. The molecule has 2 bridgehead atoms. The van der Waals surface area contributed by atoms with Crippen molar-refractivity contribution in [1.82, 2.24) is 4.72 Å². The molecule has 3 atom stereocenters. The molecule has 0 saturated heterocycles. The number of fused-ring (bicyclic) bond motifs is 3. The number of benzene rings is 2. The molecule has 210 valence electrons. The number of rotatable bonds is 0. The predicted molar refractivity (Wildman–Crippen MR) is 154 cm³/mol. The van der Waals surface area contributed by atoms with E-state index in [4.69, 9.17) is 16.3 Å². The van der Waals surface area contributed by atoms with Crippen LogP contribution in [0.15, 0.2) is 48.6 Å². The molecule has 1 amide bonds. The Bertz CT molecular complexity index is 1360. The number of ether oxygens (including phenoxy) is 1. The van der Waals surface area contributed by atoms with Gasteiger partial charge in [-0.3, -0.25) is 4.79 Å². The van der Waals surface area contributed by atoms with Crippen molar-refractivity contribution in [1.29, 1.82) is 0 Å².